The van der Waals surface area contributed by atoms with Crippen molar-refractivity contribution in [2.75, 3.05) is 25.5 Å². The third-order valence-corrected chi connectivity index (χ3v) is 5.14. The number of nitrogens with one attached hydrogen (secondary N) is 1. The number of amides is 1. The number of para-hydroxylation sites is 2. The lowest BCUT2D eigenvalue weighted by Gasteiger charge is -2.35. The van der Waals surface area contributed by atoms with Crippen molar-refractivity contribution in [2.24, 2.45) is 5.16 Å². The Morgan fingerprint density at radius 2 is 1.82 bits per heavy atom. The Bertz CT molecular complexity index is 861. The van der Waals surface area contributed by atoms with Crippen LogP contribution >= 0.6 is 0 Å². The molecule has 0 radical (unpaired) electrons. The monoisotopic (exact) mass is 381 g/mol. The number of anilines is 1. The number of oxime groups is 1. The molecule has 0 atom stereocenters. The highest BCUT2D eigenvalue weighted by Crippen LogP contribution is 2.36. The summed E-state index contributed by atoms with van der Waals surface area (Å²) in [6.07, 6.45) is 1.73. The molecular weight excluding hydrogens is 358 g/mol. The van der Waals surface area contributed by atoms with Crippen LogP contribution in [0.3, 0.4) is 0 Å². The zero-order chi connectivity index (χ0) is 19.4. The quantitative estimate of drug-likeness (QED) is 0.872. The molecule has 0 aliphatic carbocycles. The highest BCUT2D eigenvalue weighted by Gasteiger charge is 2.43. The van der Waals surface area contributed by atoms with E-state index in [1.165, 1.54) is 0 Å². The van der Waals surface area contributed by atoms with Gasteiger partial charge >= 0.3 is 6.09 Å². The van der Waals surface area contributed by atoms with Crippen molar-refractivity contribution in [3.05, 3.63) is 60.2 Å². The van der Waals surface area contributed by atoms with Crippen LogP contribution in [0.1, 0.15) is 24.8 Å². The Balaban J connectivity index is 1.28. The lowest BCUT2D eigenvalue weighted by atomic mass is 9.86. The number of hydrogen-bond donors (Lipinski definition) is 1. The molecular formula is C21H23N3O4. The number of carbonyl (C=O) groups excluding carboxylic acids is 1. The highest BCUT2D eigenvalue weighted by molar-refractivity contribution is 6.01. The fourth-order valence-electron chi connectivity index (χ4n) is 3.56. The van der Waals surface area contributed by atoms with Crippen molar-refractivity contribution in [3.8, 4) is 5.75 Å². The summed E-state index contributed by atoms with van der Waals surface area (Å²) >= 11 is 0. The van der Waals surface area contributed by atoms with Crippen LogP contribution in [-0.4, -0.2) is 42.7 Å². The molecule has 4 rings (SSSR count). The lowest BCUT2D eigenvalue weighted by molar-refractivity contribution is -0.154. The third kappa shape index (κ3) is 3.94. The summed E-state index contributed by atoms with van der Waals surface area (Å²) < 4.78 is 5.23. The van der Waals surface area contributed by atoms with Crippen molar-refractivity contribution in [1.82, 2.24) is 5.06 Å². The second-order valence-electron chi connectivity index (χ2n) is 6.99. The molecule has 1 saturated heterocycles. The van der Waals surface area contributed by atoms with Gasteiger partial charge in [-0.15, -0.1) is 5.06 Å². The van der Waals surface area contributed by atoms with E-state index in [1.54, 1.807) is 24.3 Å². The number of piperidine rings is 1. The summed E-state index contributed by atoms with van der Waals surface area (Å²) in [7, 11) is 1.56. The summed E-state index contributed by atoms with van der Waals surface area (Å²) in [5.74, 6) is 0.585. The smallest absolute Gasteiger partial charge is 0.430 e. The Morgan fingerprint density at radius 1 is 1.11 bits per heavy atom. The minimum absolute atomic E-state index is 0.301. The number of hydrogen-bond acceptors (Lipinski definition) is 6. The van der Waals surface area contributed by atoms with E-state index in [1.807, 2.05) is 42.5 Å². The first-order chi connectivity index (χ1) is 13.7. The molecule has 0 unspecified atom stereocenters. The molecule has 7 heteroatoms. The minimum atomic E-state index is -0.533. The number of benzene rings is 2. The predicted molar refractivity (Wildman–Crippen MR) is 105 cm³/mol. The van der Waals surface area contributed by atoms with Crippen LogP contribution in [-0.2, 0) is 9.68 Å². The van der Waals surface area contributed by atoms with Gasteiger partial charge in [-0.25, -0.2) is 4.79 Å². The summed E-state index contributed by atoms with van der Waals surface area (Å²) in [4.78, 5) is 23.5. The summed E-state index contributed by atoms with van der Waals surface area (Å²) in [6, 6.07) is 17.3. The topological polar surface area (TPSA) is 72.4 Å². The van der Waals surface area contributed by atoms with Gasteiger partial charge < -0.3 is 14.4 Å². The minimum Gasteiger partial charge on any atom is -0.495 e. The molecule has 0 aromatic heterocycles. The molecule has 0 bridgehead atoms. The standard InChI is InChI=1S/C21H23N3O4/c1-26-19-10-6-5-9-17(19)22-20(25)27-24-13-11-21(12-14-24)15-18(23-28-21)16-7-3-2-4-8-16/h2-10H,11-15H2,1H3,(H,22,25). The van der Waals surface area contributed by atoms with Gasteiger partial charge in [-0.05, 0) is 17.7 Å². The van der Waals surface area contributed by atoms with E-state index in [9.17, 15) is 4.79 Å². The third-order valence-electron chi connectivity index (χ3n) is 5.14. The lowest BCUT2D eigenvalue weighted by Crippen LogP contribution is -2.45. The van der Waals surface area contributed by atoms with E-state index in [0.29, 0.717) is 24.5 Å². The normalized spacial score (nSPS) is 18.2. The molecule has 1 amide bonds. The second kappa shape index (κ2) is 7.90. The average Bonchev–Trinajstić information content (AvgIpc) is 3.15. The van der Waals surface area contributed by atoms with E-state index in [-0.39, 0.29) is 5.60 Å². The SMILES string of the molecule is COc1ccccc1NC(=O)ON1CCC2(CC1)CC(c1ccccc1)=NO2. The first-order valence-corrected chi connectivity index (χ1v) is 9.35. The van der Waals surface area contributed by atoms with Crippen LogP contribution < -0.4 is 10.1 Å². The van der Waals surface area contributed by atoms with Gasteiger partial charge in [0.15, 0.2) is 0 Å². The number of ether oxygens (including phenoxy) is 1. The first-order valence-electron chi connectivity index (χ1n) is 9.35. The number of nitrogens with zero attached hydrogens (tertiary/aromatic N) is 2. The maximum absolute atomic E-state index is 12.2. The van der Waals surface area contributed by atoms with Crippen molar-refractivity contribution >= 4 is 17.5 Å². The fraction of sp³-hybridized carbons (Fsp3) is 0.333. The van der Waals surface area contributed by atoms with Crippen LogP contribution in [0.15, 0.2) is 59.8 Å². The molecule has 2 aliphatic heterocycles. The average molecular weight is 381 g/mol. The zero-order valence-electron chi connectivity index (χ0n) is 15.8. The van der Waals surface area contributed by atoms with E-state index >= 15 is 0 Å². The molecule has 146 valence electrons. The predicted octanol–water partition coefficient (Wildman–Crippen LogP) is 3.82. The number of carbonyl (C=O) groups is 1. The van der Waals surface area contributed by atoms with Gasteiger partial charge in [-0.1, -0.05) is 47.6 Å². The fourth-order valence-corrected chi connectivity index (χ4v) is 3.56. The van der Waals surface area contributed by atoms with E-state index in [0.717, 1.165) is 30.5 Å². The first kappa shape index (κ1) is 18.3. The highest BCUT2D eigenvalue weighted by atomic mass is 16.7. The van der Waals surface area contributed by atoms with E-state index < -0.39 is 6.09 Å². The van der Waals surface area contributed by atoms with Crippen LogP contribution in [0.2, 0.25) is 0 Å². The molecule has 1 N–H and O–H groups in total. The van der Waals surface area contributed by atoms with Crippen LogP contribution in [0.4, 0.5) is 10.5 Å². The molecule has 2 aliphatic rings. The molecule has 2 aromatic rings. The second-order valence-corrected chi connectivity index (χ2v) is 6.99. The number of rotatable bonds is 4. The summed E-state index contributed by atoms with van der Waals surface area (Å²) in [5, 5.41) is 8.69. The van der Waals surface area contributed by atoms with E-state index in [4.69, 9.17) is 14.4 Å². The largest absolute Gasteiger partial charge is 0.495 e. The number of hydroxylamine groups is 2. The molecule has 7 nitrogen and oxygen atoms in total. The van der Waals surface area contributed by atoms with Crippen molar-refractivity contribution < 1.29 is 19.2 Å². The van der Waals surface area contributed by atoms with E-state index in [2.05, 4.69) is 10.5 Å². The van der Waals surface area contributed by atoms with Gasteiger partial charge in [0.05, 0.1) is 18.5 Å². The van der Waals surface area contributed by atoms with Crippen LogP contribution in [0.5, 0.6) is 5.75 Å². The molecule has 0 saturated carbocycles. The Kier molecular flexibility index (Phi) is 5.16. The number of methoxy groups -OCH3 is 1. The van der Waals surface area contributed by atoms with Crippen molar-refractivity contribution in [2.45, 2.75) is 24.9 Å². The summed E-state index contributed by atoms with van der Waals surface area (Å²) in [5.41, 5.74) is 2.34. The van der Waals surface area contributed by atoms with Crippen LogP contribution in [0, 0.1) is 0 Å². The summed E-state index contributed by atoms with van der Waals surface area (Å²) in [6.45, 7) is 1.19. The Morgan fingerprint density at radius 3 is 2.57 bits per heavy atom. The Hall–Kier alpha value is -3.06. The maximum Gasteiger partial charge on any atom is 0.430 e. The molecule has 1 spiro atoms. The van der Waals surface area contributed by atoms with Gasteiger partial charge in [-0.2, -0.15) is 0 Å². The Labute approximate surface area is 163 Å². The maximum atomic E-state index is 12.2. The zero-order valence-corrected chi connectivity index (χ0v) is 15.8. The van der Waals surface area contributed by atoms with Gasteiger partial charge in [0.1, 0.15) is 11.4 Å². The molecule has 28 heavy (non-hydrogen) atoms. The van der Waals surface area contributed by atoms with Crippen molar-refractivity contribution in [1.29, 1.82) is 0 Å². The molecule has 1 fully saturated rings. The molecule has 2 heterocycles. The van der Waals surface area contributed by atoms with Crippen molar-refractivity contribution in [3.63, 3.8) is 0 Å². The van der Waals surface area contributed by atoms with Gasteiger partial charge in [-0.3, -0.25) is 5.32 Å². The van der Waals surface area contributed by atoms with Gasteiger partial charge in [0.2, 0.25) is 0 Å². The molecule has 2 aromatic carbocycles. The van der Waals surface area contributed by atoms with Gasteiger partial charge in [0.25, 0.3) is 0 Å². The van der Waals surface area contributed by atoms with Gasteiger partial charge in [0, 0.05) is 32.4 Å². The van der Waals surface area contributed by atoms with Crippen LogP contribution in [0.25, 0.3) is 0 Å².